The molecule has 0 saturated carbocycles. The van der Waals surface area contributed by atoms with Crippen LogP contribution >= 0.6 is 0 Å². The SMILES string of the molecule is COC(=O)C1(Cc2cccc(OC(F)(F)F)c2)CCN(Cc2cnc(C)n2Cc2ccc(C#N)cc2)CC1. The number of hydrogen-bond acceptors (Lipinski definition) is 6. The van der Waals surface area contributed by atoms with Gasteiger partial charge in [0, 0.05) is 19.3 Å². The quantitative estimate of drug-likeness (QED) is 0.384. The molecule has 7 nitrogen and oxygen atoms in total. The lowest BCUT2D eigenvalue weighted by atomic mass is 9.73. The third-order valence-corrected chi connectivity index (χ3v) is 7.05. The van der Waals surface area contributed by atoms with Crippen molar-refractivity contribution < 1.29 is 27.4 Å². The molecule has 1 aliphatic heterocycles. The number of esters is 1. The smallest absolute Gasteiger partial charge is 0.469 e. The molecule has 0 spiro atoms. The molecule has 1 fully saturated rings. The van der Waals surface area contributed by atoms with Gasteiger partial charge in [-0.15, -0.1) is 13.2 Å². The molecule has 2 heterocycles. The highest BCUT2D eigenvalue weighted by Crippen LogP contribution is 2.38. The Morgan fingerprint density at radius 1 is 1.11 bits per heavy atom. The lowest BCUT2D eigenvalue weighted by Crippen LogP contribution is -2.46. The van der Waals surface area contributed by atoms with Crippen molar-refractivity contribution in [2.45, 2.75) is 45.6 Å². The number of carbonyl (C=O) groups excluding carboxylic acids is 1. The second-order valence-corrected chi connectivity index (χ2v) is 9.61. The average molecular weight is 527 g/mol. The van der Waals surface area contributed by atoms with Gasteiger partial charge in [0.25, 0.3) is 0 Å². The molecule has 200 valence electrons. The summed E-state index contributed by atoms with van der Waals surface area (Å²) in [6, 6.07) is 15.3. The highest BCUT2D eigenvalue weighted by Gasteiger charge is 2.42. The minimum atomic E-state index is -4.78. The molecule has 0 radical (unpaired) electrons. The molecular weight excluding hydrogens is 497 g/mol. The van der Waals surface area contributed by atoms with Crippen molar-refractivity contribution in [2.24, 2.45) is 5.41 Å². The van der Waals surface area contributed by atoms with Crippen molar-refractivity contribution in [1.29, 1.82) is 5.26 Å². The Balaban J connectivity index is 1.44. The van der Waals surface area contributed by atoms with Crippen LogP contribution in [-0.4, -0.2) is 47.0 Å². The first-order valence-electron chi connectivity index (χ1n) is 12.3. The fourth-order valence-electron chi connectivity index (χ4n) is 5.01. The number of aromatic nitrogens is 2. The number of methoxy groups -OCH3 is 1. The van der Waals surface area contributed by atoms with Crippen molar-refractivity contribution in [3.8, 4) is 11.8 Å². The van der Waals surface area contributed by atoms with Gasteiger partial charge < -0.3 is 14.0 Å². The number of aryl methyl sites for hydroxylation is 1. The average Bonchev–Trinajstić information content (AvgIpc) is 3.23. The standard InChI is InChI=1S/C28H29F3N4O3/c1-20-33-17-24(35(20)18-22-8-6-21(16-32)7-9-22)19-34-12-10-27(11-13-34,26(36)37-2)15-23-4-3-5-25(14-23)38-28(29,30)31/h3-9,14,17H,10-13,15,18-19H2,1-2H3. The number of alkyl halides is 3. The van der Waals surface area contributed by atoms with Crippen LogP contribution in [0.3, 0.4) is 0 Å². The van der Waals surface area contributed by atoms with E-state index in [4.69, 9.17) is 10.00 Å². The maximum absolute atomic E-state index is 12.9. The van der Waals surface area contributed by atoms with E-state index in [0.717, 1.165) is 17.1 Å². The van der Waals surface area contributed by atoms with Crippen LogP contribution in [0.2, 0.25) is 0 Å². The summed E-state index contributed by atoms with van der Waals surface area (Å²) in [6.45, 7) is 4.46. The van der Waals surface area contributed by atoms with Gasteiger partial charge in [-0.05, 0) is 74.7 Å². The largest absolute Gasteiger partial charge is 0.573 e. The van der Waals surface area contributed by atoms with Gasteiger partial charge in [0.1, 0.15) is 11.6 Å². The molecule has 0 N–H and O–H groups in total. The van der Waals surface area contributed by atoms with Crippen LogP contribution in [0.5, 0.6) is 5.75 Å². The van der Waals surface area contributed by atoms with E-state index in [0.29, 0.717) is 50.1 Å². The molecule has 2 aromatic carbocycles. The normalized spacial score (nSPS) is 15.6. The molecule has 1 aliphatic rings. The predicted molar refractivity (Wildman–Crippen MR) is 133 cm³/mol. The van der Waals surface area contributed by atoms with Crippen LogP contribution in [-0.2, 0) is 29.0 Å². The van der Waals surface area contributed by atoms with Crippen molar-refractivity contribution in [1.82, 2.24) is 14.5 Å². The molecule has 4 rings (SSSR count). The number of hydrogen-bond donors (Lipinski definition) is 0. The summed E-state index contributed by atoms with van der Waals surface area (Å²) in [7, 11) is 1.34. The van der Waals surface area contributed by atoms with E-state index in [1.54, 1.807) is 18.2 Å². The number of nitrogens with zero attached hydrogens (tertiary/aromatic N) is 4. The number of carbonyl (C=O) groups is 1. The van der Waals surface area contributed by atoms with Gasteiger partial charge >= 0.3 is 12.3 Å². The summed E-state index contributed by atoms with van der Waals surface area (Å²) in [4.78, 5) is 19.6. The lowest BCUT2D eigenvalue weighted by Gasteiger charge is -2.40. The van der Waals surface area contributed by atoms with E-state index >= 15 is 0 Å². The number of rotatable bonds is 8. The fourth-order valence-corrected chi connectivity index (χ4v) is 5.01. The Bertz CT molecular complexity index is 1300. The monoisotopic (exact) mass is 526 g/mol. The van der Waals surface area contributed by atoms with Crippen molar-refractivity contribution >= 4 is 5.97 Å². The van der Waals surface area contributed by atoms with Crippen molar-refractivity contribution in [3.63, 3.8) is 0 Å². The Hall–Kier alpha value is -3.84. The number of halogens is 3. The number of benzene rings is 2. The molecule has 1 aromatic heterocycles. The van der Waals surface area contributed by atoms with E-state index in [1.165, 1.54) is 25.3 Å². The number of ether oxygens (including phenoxy) is 2. The molecule has 0 atom stereocenters. The molecule has 38 heavy (non-hydrogen) atoms. The number of nitriles is 1. The summed E-state index contributed by atoms with van der Waals surface area (Å²) < 4.78 is 49.3. The maximum atomic E-state index is 12.9. The third kappa shape index (κ3) is 6.53. The molecule has 3 aromatic rings. The number of likely N-dealkylation sites (tertiary alicyclic amines) is 1. The fraction of sp³-hybridized carbons (Fsp3) is 0.393. The molecule has 0 amide bonds. The minimum absolute atomic E-state index is 0.262. The molecule has 0 bridgehead atoms. The Morgan fingerprint density at radius 3 is 2.45 bits per heavy atom. The maximum Gasteiger partial charge on any atom is 0.573 e. The zero-order chi connectivity index (χ0) is 27.3. The highest BCUT2D eigenvalue weighted by molar-refractivity contribution is 5.77. The Kier molecular flexibility index (Phi) is 8.07. The minimum Gasteiger partial charge on any atom is -0.469 e. The molecule has 0 aliphatic carbocycles. The number of piperidine rings is 1. The second kappa shape index (κ2) is 11.3. The molecular formula is C28H29F3N4O3. The number of imidazole rings is 1. The van der Waals surface area contributed by atoms with E-state index in [1.807, 2.05) is 25.3 Å². The zero-order valence-electron chi connectivity index (χ0n) is 21.3. The Labute approximate surface area is 219 Å². The highest BCUT2D eigenvalue weighted by atomic mass is 19.4. The third-order valence-electron chi connectivity index (χ3n) is 7.05. The van der Waals surface area contributed by atoms with Gasteiger partial charge in [0.05, 0.1) is 29.9 Å². The van der Waals surface area contributed by atoms with E-state index in [2.05, 4.69) is 25.3 Å². The van der Waals surface area contributed by atoms with Crippen LogP contribution in [0.25, 0.3) is 0 Å². The molecule has 1 saturated heterocycles. The van der Waals surface area contributed by atoms with Crippen molar-refractivity contribution in [2.75, 3.05) is 20.2 Å². The van der Waals surface area contributed by atoms with Crippen molar-refractivity contribution in [3.05, 3.63) is 82.9 Å². The van der Waals surface area contributed by atoms with Crippen LogP contribution in [0.4, 0.5) is 13.2 Å². The summed E-state index contributed by atoms with van der Waals surface area (Å²) in [6.07, 6.45) is -1.65. The second-order valence-electron chi connectivity index (χ2n) is 9.61. The topological polar surface area (TPSA) is 80.4 Å². The lowest BCUT2D eigenvalue weighted by molar-refractivity contribution is -0.274. The van der Waals surface area contributed by atoms with Crippen LogP contribution in [0, 0.1) is 23.7 Å². The molecule has 0 unspecified atom stereocenters. The van der Waals surface area contributed by atoms with Gasteiger partial charge in [-0.3, -0.25) is 9.69 Å². The summed E-state index contributed by atoms with van der Waals surface area (Å²) in [5.41, 5.74) is 2.46. The summed E-state index contributed by atoms with van der Waals surface area (Å²) >= 11 is 0. The van der Waals surface area contributed by atoms with Gasteiger partial charge in [0.2, 0.25) is 0 Å². The zero-order valence-corrected chi connectivity index (χ0v) is 21.3. The van der Waals surface area contributed by atoms with Crippen LogP contribution < -0.4 is 4.74 Å². The predicted octanol–water partition coefficient (Wildman–Crippen LogP) is 5.01. The first-order valence-corrected chi connectivity index (χ1v) is 12.3. The van der Waals surface area contributed by atoms with Gasteiger partial charge in [-0.1, -0.05) is 24.3 Å². The van der Waals surface area contributed by atoms with E-state index in [9.17, 15) is 18.0 Å². The van der Waals surface area contributed by atoms with Gasteiger partial charge in [-0.25, -0.2) is 4.98 Å². The summed E-state index contributed by atoms with van der Waals surface area (Å²) in [5.74, 6) is 0.213. The Morgan fingerprint density at radius 2 is 1.82 bits per heavy atom. The van der Waals surface area contributed by atoms with Crippen LogP contribution in [0.15, 0.2) is 54.7 Å². The van der Waals surface area contributed by atoms with Gasteiger partial charge in [-0.2, -0.15) is 5.26 Å². The molecule has 10 heteroatoms. The first kappa shape index (κ1) is 27.2. The van der Waals surface area contributed by atoms with Crippen LogP contribution in [0.1, 0.15) is 41.1 Å². The van der Waals surface area contributed by atoms with E-state index < -0.39 is 11.8 Å². The van der Waals surface area contributed by atoms with E-state index in [-0.39, 0.29) is 18.1 Å². The summed E-state index contributed by atoms with van der Waals surface area (Å²) in [5, 5.41) is 9.03. The van der Waals surface area contributed by atoms with Gasteiger partial charge in [0.15, 0.2) is 0 Å². The first-order chi connectivity index (χ1) is 18.1.